The van der Waals surface area contributed by atoms with Gasteiger partial charge in [-0.2, -0.15) is 0 Å². The number of unbranched alkanes of at least 4 members (excludes halogenated alkanes) is 9. The van der Waals surface area contributed by atoms with Crippen molar-refractivity contribution < 1.29 is 36.1 Å². The van der Waals surface area contributed by atoms with Crippen molar-refractivity contribution in [3.05, 3.63) is 11.6 Å². The second-order valence-corrected chi connectivity index (χ2v) is 5.17. The normalized spacial score (nSPS) is 11.4. The first-order valence-electron chi connectivity index (χ1n) is 7.57. The fraction of sp³-hybridized carbons (Fsp3) is 0.875. The van der Waals surface area contributed by atoms with Gasteiger partial charge in [0.2, 0.25) is 0 Å². The van der Waals surface area contributed by atoms with E-state index in [1.807, 2.05) is 6.08 Å². The average Bonchev–Trinajstić information content (AvgIpc) is 2.32. The summed E-state index contributed by atoms with van der Waals surface area (Å²) in [6.07, 6.45) is 17.0. The molecule has 0 saturated carbocycles. The van der Waals surface area contributed by atoms with Gasteiger partial charge in [-0.25, -0.2) is 0 Å². The molecule has 0 aliphatic rings. The first kappa shape index (κ1) is 21.0. The monoisotopic (exact) mass is 264 g/mol. The van der Waals surface area contributed by atoms with Gasteiger partial charge in [0.05, 0.1) is 6.61 Å². The fourth-order valence-electron chi connectivity index (χ4n) is 2.15. The van der Waals surface area contributed by atoms with E-state index in [4.69, 9.17) is 5.11 Å². The van der Waals surface area contributed by atoms with Crippen LogP contribution in [-0.2, 0) is 0 Å². The molecule has 18 heavy (non-hydrogen) atoms. The van der Waals surface area contributed by atoms with Gasteiger partial charge < -0.3 is 6.53 Å². The number of allylic oxidation sites excluding steroid dienone is 1. The zero-order valence-electron chi connectivity index (χ0n) is 14.0. The predicted molar refractivity (Wildman–Crippen MR) is 78.4 cm³/mol. The molecule has 0 aliphatic carbocycles. The molecule has 0 aromatic rings. The molecule has 0 rings (SSSR count). The van der Waals surface area contributed by atoms with Crippen LogP contribution in [0, 0.1) is 0 Å². The Hall–Kier alpha value is 0.700. The minimum absolute atomic E-state index is 0. The smallest absolute Gasteiger partial charge is 1.00 e. The Bertz CT molecular complexity index is 184. The molecule has 0 spiro atoms. The van der Waals surface area contributed by atoms with E-state index in [1.54, 1.807) is 0 Å². The standard InChI is InChI=1S/C16H32O.Na.H/c1-3-4-5-6-7-8-9-10-11-12-13-16(2)14-15-17;;/h14,17H,3-13,15H2,1-2H3;;/q;+1;-1/b16-14+;;. The molecule has 2 heteroatoms. The van der Waals surface area contributed by atoms with Gasteiger partial charge in [0.15, 0.2) is 0 Å². The third kappa shape index (κ3) is 16.7. The van der Waals surface area contributed by atoms with E-state index < -0.39 is 0 Å². The average molecular weight is 264 g/mol. The van der Waals surface area contributed by atoms with Crippen molar-refractivity contribution in [2.24, 2.45) is 0 Å². The second kappa shape index (κ2) is 17.7. The maximum Gasteiger partial charge on any atom is 1.00 e. The zero-order chi connectivity index (χ0) is 12.8. The number of rotatable bonds is 12. The first-order valence-corrected chi connectivity index (χ1v) is 7.57. The summed E-state index contributed by atoms with van der Waals surface area (Å²) >= 11 is 0. The van der Waals surface area contributed by atoms with E-state index in [-0.39, 0.29) is 37.6 Å². The third-order valence-corrected chi connectivity index (χ3v) is 3.36. The summed E-state index contributed by atoms with van der Waals surface area (Å²) in [5.41, 5.74) is 1.34. The van der Waals surface area contributed by atoms with Gasteiger partial charge in [0.1, 0.15) is 0 Å². The van der Waals surface area contributed by atoms with Crippen molar-refractivity contribution in [2.75, 3.05) is 6.61 Å². The molecule has 0 aliphatic heterocycles. The summed E-state index contributed by atoms with van der Waals surface area (Å²) in [6.45, 7) is 4.58. The molecule has 104 valence electrons. The first-order chi connectivity index (χ1) is 8.31. The van der Waals surface area contributed by atoms with E-state index in [9.17, 15) is 0 Å². The maximum atomic E-state index is 8.72. The number of hydrogen-bond acceptors (Lipinski definition) is 1. The van der Waals surface area contributed by atoms with Crippen molar-refractivity contribution >= 4 is 0 Å². The van der Waals surface area contributed by atoms with Gasteiger partial charge in [-0.15, -0.1) is 0 Å². The van der Waals surface area contributed by atoms with Crippen LogP contribution >= 0.6 is 0 Å². The van der Waals surface area contributed by atoms with Crippen LogP contribution in [0.25, 0.3) is 0 Å². The molecule has 0 radical (unpaired) electrons. The summed E-state index contributed by atoms with van der Waals surface area (Å²) in [5.74, 6) is 0. The summed E-state index contributed by atoms with van der Waals surface area (Å²) in [4.78, 5) is 0. The Morgan fingerprint density at radius 2 is 1.33 bits per heavy atom. The van der Waals surface area contributed by atoms with Crippen LogP contribution < -0.4 is 29.6 Å². The van der Waals surface area contributed by atoms with Gasteiger partial charge in [-0.1, -0.05) is 76.4 Å². The van der Waals surface area contributed by atoms with Crippen molar-refractivity contribution in [3.8, 4) is 0 Å². The molecular formula is C16H33NaO. The topological polar surface area (TPSA) is 20.2 Å². The Kier molecular flexibility index (Phi) is 20.7. The van der Waals surface area contributed by atoms with Crippen molar-refractivity contribution in [1.29, 1.82) is 0 Å². The van der Waals surface area contributed by atoms with Gasteiger partial charge in [-0.3, -0.25) is 0 Å². The van der Waals surface area contributed by atoms with Gasteiger partial charge in [0.25, 0.3) is 0 Å². The van der Waals surface area contributed by atoms with Crippen molar-refractivity contribution in [1.82, 2.24) is 0 Å². The maximum absolute atomic E-state index is 8.72. The van der Waals surface area contributed by atoms with Crippen LogP contribution in [0.15, 0.2) is 11.6 Å². The van der Waals surface area contributed by atoms with Crippen LogP contribution in [0.1, 0.15) is 85.9 Å². The third-order valence-electron chi connectivity index (χ3n) is 3.36. The fourth-order valence-corrected chi connectivity index (χ4v) is 2.15. The van der Waals surface area contributed by atoms with Crippen LogP contribution in [0.4, 0.5) is 0 Å². The summed E-state index contributed by atoms with van der Waals surface area (Å²) < 4.78 is 0. The molecule has 0 aromatic heterocycles. The molecule has 0 fully saturated rings. The minimum Gasteiger partial charge on any atom is -1.00 e. The van der Waals surface area contributed by atoms with Crippen molar-refractivity contribution in [2.45, 2.75) is 84.5 Å². The van der Waals surface area contributed by atoms with E-state index in [0.717, 1.165) is 6.42 Å². The minimum atomic E-state index is 0. The Labute approximate surface area is 138 Å². The SMILES string of the molecule is CCCCCCCCCCCC/C(C)=C/CO.[H-].[Na+]. The van der Waals surface area contributed by atoms with E-state index in [0.29, 0.717) is 0 Å². The molecular weight excluding hydrogens is 231 g/mol. The molecule has 1 nitrogen and oxygen atoms in total. The summed E-state index contributed by atoms with van der Waals surface area (Å²) in [6, 6.07) is 0. The van der Waals surface area contributed by atoms with Crippen LogP contribution in [0.3, 0.4) is 0 Å². The molecule has 0 unspecified atom stereocenters. The molecule has 0 saturated heterocycles. The predicted octanol–water partition coefficient (Wildman–Crippen LogP) is 2.35. The molecule has 1 N–H and O–H groups in total. The van der Waals surface area contributed by atoms with Gasteiger partial charge in [0, 0.05) is 0 Å². The number of hydrogen-bond donors (Lipinski definition) is 1. The molecule has 0 aromatic carbocycles. The quantitative estimate of drug-likeness (QED) is 0.326. The van der Waals surface area contributed by atoms with Crippen LogP contribution in [-0.4, -0.2) is 11.7 Å². The zero-order valence-corrected chi connectivity index (χ0v) is 15.0. The van der Waals surface area contributed by atoms with Gasteiger partial charge >= 0.3 is 29.6 Å². The van der Waals surface area contributed by atoms with Crippen LogP contribution in [0.5, 0.6) is 0 Å². The summed E-state index contributed by atoms with van der Waals surface area (Å²) in [7, 11) is 0. The summed E-state index contributed by atoms with van der Waals surface area (Å²) in [5, 5.41) is 8.72. The van der Waals surface area contributed by atoms with E-state index in [2.05, 4.69) is 13.8 Å². The van der Waals surface area contributed by atoms with E-state index >= 15 is 0 Å². The number of aliphatic hydroxyl groups excluding tert-OH is 1. The largest absolute Gasteiger partial charge is 1.00 e. The van der Waals surface area contributed by atoms with Gasteiger partial charge in [-0.05, 0) is 19.8 Å². The molecule has 0 heterocycles. The Balaban J connectivity index is -0.00000128. The molecule has 0 amide bonds. The Morgan fingerprint density at radius 3 is 1.78 bits per heavy atom. The van der Waals surface area contributed by atoms with E-state index in [1.165, 1.54) is 69.8 Å². The molecule has 0 bridgehead atoms. The van der Waals surface area contributed by atoms with Crippen LogP contribution in [0.2, 0.25) is 0 Å². The Morgan fingerprint density at radius 1 is 0.889 bits per heavy atom. The van der Waals surface area contributed by atoms with Crippen molar-refractivity contribution in [3.63, 3.8) is 0 Å². The second-order valence-electron chi connectivity index (χ2n) is 5.17. The number of aliphatic hydroxyl groups is 1. The molecule has 0 atom stereocenters.